The van der Waals surface area contributed by atoms with Gasteiger partial charge in [-0.2, -0.15) is 0 Å². The molecule has 0 unspecified atom stereocenters. The van der Waals surface area contributed by atoms with Crippen LogP contribution in [-0.4, -0.2) is 7.11 Å². The summed E-state index contributed by atoms with van der Waals surface area (Å²) in [5, 5.41) is 0.654. The SMILES string of the molecule is C\C=C(C)/C(C)=C/C(Cl)=C(\C)OC. The van der Waals surface area contributed by atoms with Crippen LogP contribution in [0.5, 0.6) is 0 Å². The van der Waals surface area contributed by atoms with Crippen LogP contribution in [0, 0.1) is 0 Å². The number of hydrogen-bond donors (Lipinski definition) is 0. The lowest BCUT2D eigenvalue weighted by molar-refractivity contribution is 0.292. The van der Waals surface area contributed by atoms with E-state index in [1.165, 1.54) is 5.57 Å². The average Bonchev–Trinajstić information content (AvgIpc) is 2.14. The molecule has 0 aromatic heterocycles. The van der Waals surface area contributed by atoms with Crippen molar-refractivity contribution >= 4 is 11.6 Å². The maximum Gasteiger partial charge on any atom is 0.111 e. The van der Waals surface area contributed by atoms with Gasteiger partial charge in [0.05, 0.1) is 12.1 Å². The molecule has 1 nitrogen and oxygen atoms in total. The van der Waals surface area contributed by atoms with E-state index in [4.69, 9.17) is 16.3 Å². The predicted molar refractivity (Wildman–Crippen MR) is 58.8 cm³/mol. The molecule has 0 radical (unpaired) electrons. The molecule has 0 atom stereocenters. The van der Waals surface area contributed by atoms with E-state index in [2.05, 4.69) is 13.0 Å². The van der Waals surface area contributed by atoms with Crippen molar-refractivity contribution in [3.05, 3.63) is 34.1 Å². The summed E-state index contributed by atoms with van der Waals surface area (Å²) in [7, 11) is 1.61. The van der Waals surface area contributed by atoms with Crippen LogP contribution >= 0.6 is 11.6 Å². The normalized spacial score (nSPS) is 15.5. The molecule has 0 fully saturated rings. The van der Waals surface area contributed by atoms with Gasteiger partial charge in [0.15, 0.2) is 0 Å². The van der Waals surface area contributed by atoms with Crippen LogP contribution < -0.4 is 0 Å². The smallest absolute Gasteiger partial charge is 0.111 e. The molecule has 0 saturated carbocycles. The number of hydrogen-bond acceptors (Lipinski definition) is 1. The van der Waals surface area contributed by atoms with Gasteiger partial charge in [0.1, 0.15) is 5.76 Å². The zero-order valence-corrected chi connectivity index (χ0v) is 9.70. The van der Waals surface area contributed by atoms with Gasteiger partial charge in [-0.1, -0.05) is 23.3 Å². The lowest BCUT2D eigenvalue weighted by Gasteiger charge is -2.03. The summed E-state index contributed by atoms with van der Waals surface area (Å²) in [5.74, 6) is 0.741. The Morgan fingerprint density at radius 3 is 2.08 bits per heavy atom. The van der Waals surface area contributed by atoms with Crippen molar-refractivity contribution in [1.29, 1.82) is 0 Å². The monoisotopic (exact) mass is 200 g/mol. The lowest BCUT2D eigenvalue weighted by atomic mass is 10.1. The van der Waals surface area contributed by atoms with Crippen LogP contribution in [0.15, 0.2) is 34.1 Å². The van der Waals surface area contributed by atoms with E-state index in [0.29, 0.717) is 5.03 Å². The van der Waals surface area contributed by atoms with Crippen molar-refractivity contribution in [3.8, 4) is 0 Å². The second-order valence-corrected chi connectivity index (χ2v) is 3.31. The van der Waals surface area contributed by atoms with Gasteiger partial charge >= 0.3 is 0 Å². The van der Waals surface area contributed by atoms with Gasteiger partial charge in [-0.15, -0.1) is 0 Å². The minimum absolute atomic E-state index is 0.654. The Hall–Kier alpha value is -0.690. The van der Waals surface area contributed by atoms with Gasteiger partial charge in [0.2, 0.25) is 0 Å². The van der Waals surface area contributed by atoms with Gasteiger partial charge in [0.25, 0.3) is 0 Å². The molecule has 0 aliphatic rings. The summed E-state index contributed by atoms with van der Waals surface area (Å²) in [6.45, 7) is 7.93. The van der Waals surface area contributed by atoms with Crippen LogP contribution in [-0.2, 0) is 4.74 Å². The van der Waals surface area contributed by atoms with Crippen molar-refractivity contribution < 1.29 is 4.74 Å². The topological polar surface area (TPSA) is 9.23 Å². The van der Waals surface area contributed by atoms with Crippen molar-refractivity contribution in [3.63, 3.8) is 0 Å². The minimum atomic E-state index is 0.654. The van der Waals surface area contributed by atoms with Crippen LogP contribution in [0.3, 0.4) is 0 Å². The first-order chi connectivity index (χ1) is 6.02. The van der Waals surface area contributed by atoms with E-state index in [0.717, 1.165) is 11.3 Å². The highest BCUT2D eigenvalue weighted by atomic mass is 35.5. The molecule has 2 heteroatoms. The maximum absolute atomic E-state index is 5.98. The third kappa shape index (κ3) is 4.18. The fourth-order valence-electron chi connectivity index (χ4n) is 0.731. The molecule has 0 saturated heterocycles. The molecule has 0 aromatic rings. The Morgan fingerprint density at radius 1 is 1.15 bits per heavy atom. The lowest BCUT2D eigenvalue weighted by Crippen LogP contribution is -1.84. The Morgan fingerprint density at radius 2 is 1.69 bits per heavy atom. The third-order valence-corrected chi connectivity index (χ3v) is 2.42. The molecule has 0 heterocycles. The van der Waals surface area contributed by atoms with E-state index >= 15 is 0 Å². The first-order valence-electron chi connectivity index (χ1n) is 4.24. The van der Waals surface area contributed by atoms with Gasteiger partial charge < -0.3 is 4.74 Å². The molecule has 0 aliphatic carbocycles. The fourth-order valence-corrected chi connectivity index (χ4v) is 0.972. The van der Waals surface area contributed by atoms with Crippen molar-refractivity contribution in [2.75, 3.05) is 7.11 Å². The molecule has 0 aromatic carbocycles. The highest BCUT2D eigenvalue weighted by Gasteiger charge is 1.97. The largest absolute Gasteiger partial charge is 0.500 e. The highest BCUT2D eigenvalue weighted by Crippen LogP contribution is 2.17. The van der Waals surface area contributed by atoms with Gasteiger partial charge in [-0.25, -0.2) is 0 Å². The fraction of sp³-hybridized carbons (Fsp3) is 0.455. The molecular weight excluding hydrogens is 184 g/mol. The third-order valence-electron chi connectivity index (χ3n) is 2.04. The van der Waals surface area contributed by atoms with Crippen LogP contribution in [0.1, 0.15) is 27.7 Å². The number of methoxy groups -OCH3 is 1. The molecule has 0 bridgehead atoms. The summed E-state index contributed by atoms with van der Waals surface area (Å²) in [4.78, 5) is 0. The second-order valence-electron chi connectivity index (χ2n) is 2.91. The Balaban J connectivity index is 4.76. The molecule has 0 spiro atoms. The molecular formula is C11H17ClO. The van der Waals surface area contributed by atoms with Crippen LogP contribution in [0.4, 0.5) is 0 Å². The van der Waals surface area contributed by atoms with E-state index in [1.807, 2.05) is 26.8 Å². The van der Waals surface area contributed by atoms with Crippen molar-refractivity contribution in [1.82, 2.24) is 0 Å². The summed E-state index contributed by atoms with van der Waals surface area (Å²) >= 11 is 5.98. The number of ether oxygens (including phenoxy) is 1. The summed E-state index contributed by atoms with van der Waals surface area (Å²) in [5.41, 5.74) is 2.38. The molecule has 0 rings (SSSR count). The van der Waals surface area contributed by atoms with Gasteiger partial charge in [-0.3, -0.25) is 0 Å². The summed E-state index contributed by atoms with van der Waals surface area (Å²) in [6, 6.07) is 0. The maximum atomic E-state index is 5.98. The molecule has 13 heavy (non-hydrogen) atoms. The van der Waals surface area contributed by atoms with E-state index < -0.39 is 0 Å². The second kappa shape index (κ2) is 5.87. The Labute approximate surface area is 85.7 Å². The summed E-state index contributed by atoms with van der Waals surface area (Å²) in [6.07, 6.45) is 3.97. The predicted octanol–water partition coefficient (Wildman–Crippen LogP) is 4.02. The van der Waals surface area contributed by atoms with Crippen molar-refractivity contribution in [2.45, 2.75) is 27.7 Å². The molecule has 74 valence electrons. The Bertz CT molecular complexity index is 259. The quantitative estimate of drug-likeness (QED) is 0.494. The van der Waals surface area contributed by atoms with E-state index in [-0.39, 0.29) is 0 Å². The zero-order chi connectivity index (χ0) is 10.4. The highest BCUT2D eigenvalue weighted by molar-refractivity contribution is 6.31. The number of allylic oxidation sites excluding steroid dienone is 6. The van der Waals surface area contributed by atoms with Gasteiger partial charge in [-0.05, 0) is 39.3 Å². The van der Waals surface area contributed by atoms with Crippen LogP contribution in [0.25, 0.3) is 0 Å². The van der Waals surface area contributed by atoms with Crippen molar-refractivity contribution in [2.24, 2.45) is 0 Å². The zero-order valence-electron chi connectivity index (χ0n) is 8.94. The van der Waals surface area contributed by atoms with E-state index in [1.54, 1.807) is 7.11 Å². The minimum Gasteiger partial charge on any atom is -0.500 e. The molecule has 0 amide bonds. The standard InChI is InChI=1S/C11H17ClO/c1-6-8(2)9(3)7-11(12)10(4)13-5/h6-7H,1-5H3/b8-6-,9-7+,11-10-. The first-order valence-corrected chi connectivity index (χ1v) is 4.62. The molecule has 0 N–H and O–H groups in total. The summed E-state index contributed by atoms with van der Waals surface area (Å²) < 4.78 is 5.01. The molecule has 0 aliphatic heterocycles. The van der Waals surface area contributed by atoms with Gasteiger partial charge in [0, 0.05) is 0 Å². The van der Waals surface area contributed by atoms with E-state index in [9.17, 15) is 0 Å². The first kappa shape index (κ1) is 12.3. The average molecular weight is 201 g/mol. The Kier molecular flexibility index (Phi) is 5.56. The number of rotatable bonds is 3. The van der Waals surface area contributed by atoms with Crippen LogP contribution in [0.2, 0.25) is 0 Å². The number of halogens is 1.